The van der Waals surface area contributed by atoms with Gasteiger partial charge in [0.05, 0.1) is 0 Å². The number of halogens is 4. The average Bonchev–Trinajstić information content (AvgIpc) is 2.18. The van der Waals surface area contributed by atoms with Crippen molar-refractivity contribution in [2.24, 2.45) is 0 Å². The number of nitrogens with one attached hydrogen (secondary N) is 1. The molecule has 0 fully saturated rings. The molecule has 0 saturated carbocycles. The van der Waals surface area contributed by atoms with Crippen LogP contribution >= 0.6 is 0 Å². The molecule has 0 saturated heterocycles. The van der Waals surface area contributed by atoms with Crippen molar-refractivity contribution in [1.82, 2.24) is 0 Å². The van der Waals surface area contributed by atoms with Crippen molar-refractivity contribution < 1.29 is 22.4 Å². The summed E-state index contributed by atoms with van der Waals surface area (Å²) in [7, 11) is 0. The van der Waals surface area contributed by atoms with Gasteiger partial charge in [-0.15, -0.1) is 0 Å². The van der Waals surface area contributed by atoms with Gasteiger partial charge in [-0.3, -0.25) is 4.79 Å². The van der Waals surface area contributed by atoms with Gasteiger partial charge in [-0.1, -0.05) is 6.07 Å². The summed E-state index contributed by atoms with van der Waals surface area (Å²) in [5, 5.41) is 1.48. The Bertz CT molecular complexity index is 392. The monoisotopic (exact) mass is 221 g/mol. The molecule has 1 amide bonds. The third-order valence-electron chi connectivity index (χ3n) is 1.73. The molecule has 0 atom stereocenters. The number of benzene rings is 1. The first kappa shape index (κ1) is 11.5. The predicted molar refractivity (Wildman–Crippen MR) is 45.7 cm³/mol. The minimum atomic E-state index is -3.32. The fraction of sp³-hybridized carbons (Fsp3) is 0.222. The second kappa shape index (κ2) is 4.29. The molecule has 0 bridgehead atoms. The maximum Gasteiger partial charge on any atom is 0.315 e. The third kappa shape index (κ3) is 2.45. The largest absolute Gasteiger partial charge is 0.316 e. The van der Waals surface area contributed by atoms with Crippen molar-refractivity contribution >= 4 is 11.6 Å². The predicted octanol–water partition coefficient (Wildman–Crippen LogP) is 2.48. The zero-order valence-corrected chi connectivity index (χ0v) is 7.65. The van der Waals surface area contributed by atoms with Crippen molar-refractivity contribution in [2.75, 3.05) is 5.32 Å². The first-order chi connectivity index (χ1) is 6.93. The van der Waals surface area contributed by atoms with E-state index in [0.29, 0.717) is 0 Å². The van der Waals surface area contributed by atoms with Crippen molar-refractivity contribution in [3.05, 3.63) is 29.3 Å². The van der Waals surface area contributed by atoms with Gasteiger partial charge in [0.25, 0.3) is 5.91 Å². The van der Waals surface area contributed by atoms with Crippen LogP contribution in [0, 0.1) is 18.6 Å². The van der Waals surface area contributed by atoms with Crippen LogP contribution in [0.2, 0.25) is 0 Å². The highest BCUT2D eigenvalue weighted by atomic mass is 19.3. The lowest BCUT2D eigenvalue weighted by atomic mass is 10.2. The molecule has 82 valence electrons. The molecule has 1 aromatic carbocycles. The van der Waals surface area contributed by atoms with Crippen molar-refractivity contribution in [1.29, 1.82) is 0 Å². The molecule has 2 nitrogen and oxygen atoms in total. The topological polar surface area (TPSA) is 29.1 Å². The van der Waals surface area contributed by atoms with Crippen LogP contribution in [0.15, 0.2) is 12.1 Å². The number of rotatable bonds is 2. The number of anilines is 1. The van der Waals surface area contributed by atoms with Crippen LogP contribution in [0.3, 0.4) is 0 Å². The lowest BCUT2D eigenvalue weighted by molar-refractivity contribution is -0.126. The van der Waals surface area contributed by atoms with Crippen LogP contribution in [0.25, 0.3) is 0 Å². The lowest BCUT2D eigenvalue weighted by Crippen LogP contribution is -2.21. The van der Waals surface area contributed by atoms with E-state index in [0.717, 1.165) is 12.1 Å². The fourth-order valence-electron chi connectivity index (χ4n) is 0.949. The summed E-state index contributed by atoms with van der Waals surface area (Å²) >= 11 is 0. The van der Waals surface area contributed by atoms with Gasteiger partial charge in [-0.25, -0.2) is 8.78 Å². The molecular formula is C9H7F4NO. The van der Waals surface area contributed by atoms with Crippen LogP contribution in [-0.2, 0) is 4.79 Å². The minimum Gasteiger partial charge on any atom is -0.316 e. The maximum absolute atomic E-state index is 13.2. The Kier molecular flexibility index (Phi) is 3.28. The van der Waals surface area contributed by atoms with Gasteiger partial charge in [-0.2, -0.15) is 8.78 Å². The number of aryl methyl sites for hydroxylation is 1. The highest BCUT2D eigenvalue weighted by Gasteiger charge is 2.20. The lowest BCUT2D eigenvalue weighted by Gasteiger charge is -2.08. The summed E-state index contributed by atoms with van der Waals surface area (Å²) in [6.45, 7) is 1.33. The Hall–Kier alpha value is -1.59. The molecule has 0 unspecified atom stereocenters. The third-order valence-corrected chi connectivity index (χ3v) is 1.73. The van der Waals surface area contributed by atoms with E-state index in [2.05, 4.69) is 0 Å². The van der Waals surface area contributed by atoms with Gasteiger partial charge in [-0.05, 0) is 18.6 Å². The summed E-state index contributed by atoms with van der Waals surface area (Å²) in [5.41, 5.74) is -0.790. The fourth-order valence-corrected chi connectivity index (χ4v) is 0.949. The molecule has 0 aliphatic carbocycles. The van der Waals surface area contributed by atoms with Crippen LogP contribution < -0.4 is 5.32 Å². The standard InChI is InChI=1S/C9H7F4NO/c1-4-2-3-5(10)7(6(4)11)14-9(15)8(12)13/h2-3,8H,1H3,(H,14,15). The van der Waals surface area contributed by atoms with Crippen LogP contribution in [-0.4, -0.2) is 12.3 Å². The smallest absolute Gasteiger partial charge is 0.315 e. The second-order valence-electron chi connectivity index (χ2n) is 2.84. The highest BCUT2D eigenvalue weighted by Crippen LogP contribution is 2.21. The molecule has 0 radical (unpaired) electrons. The molecule has 0 spiro atoms. The zero-order valence-electron chi connectivity index (χ0n) is 7.65. The zero-order chi connectivity index (χ0) is 11.6. The number of carbonyl (C=O) groups is 1. The number of hydrogen-bond donors (Lipinski definition) is 1. The number of hydrogen-bond acceptors (Lipinski definition) is 1. The van der Waals surface area contributed by atoms with E-state index in [1.54, 1.807) is 0 Å². The summed E-state index contributed by atoms with van der Waals surface area (Å²) in [6, 6.07) is 2.03. The molecule has 15 heavy (non-hydrogen) atoms. The quantitative estimate of drug-likeness (QED) is 0.763. The highest BCUT2D eigenvalue weighted by molar-refractivity contribution is 5.93. The average molecular weight is 221 g/mol. The van der Waals surface area contributed by atoms with E-state index in [4.69, 9.17) is 0 Å². The first-order valence-corrected chi connectivity index (χ1v) is 3.97. The summed E-state index contributed by atoms with van der Waals surface area (Å²) in [6.07, 6.45) is -3.32. The van der Waals surface area contributed by atoms with Crippen LogP contribution in [0.4, 0.5) is 23.2 Å². The van der Waals surface area contributed by atoms with Gasteiger partial charge < -0.3 is 5.32 Å². The van der Waals surface area contributed by atoms with E-state index >= 15 is 0 Å². The van der Waals surface area contributed by atoms with Crippen molar-refractivity contribution in [3.8, 4) is 0 Å². The van der Waals surface area contributed by atoms with Gasteiger partial charge in [0.1, 0.15) is 11.5 Å². The van der Waals surface area contributed by atoms with Gasteiger partial charge in [0.2, 0.25) is 0 Å². The van der Waals surface area contributed by atoms with E-state index in [-0.39, 0.29) is 5.56 Å². The summed E-state index contributed by atoms with van der Waals surface area (Å²) < 4.78 is 49.8. The normalized spacial score (nSPS) is 10.5. The maximum atomic E-state index is 13.2. The SMILES string of the molecule is Cc1ccc(F)c(NC(=O)C(F)F)c1F. The second-order valence-corrected chi connectivity index (χ2v) is 2.84. The molecule has 0 aliphatic heterocycles. The Morgan fingerprint density at radius 3 is 2.47 bits per heavy atom. The Morgan fingerprint density at radius 1 is 1.33 bits per heavy atom. The number of carbonyl (C=O) groups excluding carboxylic acids is 1. The van der Waals surface area contributed by atoms with E-state index in [1.165, 1.54) is 12.2 Å². The van der Waals surface area contributed by atoms with Crippen molar-refractivity contribution in [3.63, 3.8) is 0 Å². The minimum absolute atomic E-state index is 0.0565. The van der Waals surface area contributed by atoms with Crippen molar-refractivity contribution in [2.45, 2.75) is 13.3 Å². The Balaban J connectivity index is 3.04. The summed E-state index contributed by atoms with van der Waals surface area (Å²) in [5.74, 6) is -3.88. The van der Waals surface area contributed by atoms with E-state index < -0.39 is 29.7 Å². The molecule has 6 heteroatoms. The molecule has 1 rings (SSSR count). The first-order valence-electron chi connectivity index (χ1n) is 3.97. The number of amides is 1. The Morgan fingerprint density at radius 2 is 1.93 bits per heavy atom. The molecular weight excluding hydrogens is 214 g/mol. The van der Waals surface area contributed by atoms with Gasteiger partial charge in [0.15, 0.2) is 5.82 Å². The molecule has 1 aromatic rings. The Labute approximate surface area is 82.9 Å². The van der Waals surface area contributed by atoms with Crippen LogP contribution in [0.5, 0.6) is 0 Å². The van der Waals surface area contributed by atoms with E-state index in [9.17, 15) is 22.4 Å². The summed E-state index contributed by atoms with van der Waals surface area (Å²) in [4.78, 5) is 10.5. The van der Waals surface area contributed by atoms with Gasteiger partial charge >= 0.3 is 6.43 Å². The van der Waals surface area contributed by atoms with Gasteiger partial charge in [0, 0.05) is 0 Å². The number of alkyl halides is 2. The van der Waals surface area contributed by atoms with E-state index in [1.807, 2.05) is 0 Å². The van der Waals surface area contributed by atoms with Crippen LogP contribution in [0.1, 0.15) is 5.56 Å². The molecule has 0 aliphatic rings. The molecule has 1 N–H and O–H groups in total. The molecule has 0 aromatic heterocycles. The molecule has 0 heterocycles.